The highest BCUT2D eigenvalue weighted by Crippen LogP contribution is 2.43. The number of aromatic nitrogens is 2. The predicted molar refractivity (Wildman–Crippen MR) is 143 cm³/mol. The Hall–Kier alpha value is -3.64. The monoisotopic (exact) mass is 493 g/mol. The molecule has 0 N–H and O–H groups in total. The summed E-state index contributed by atoms with van der Waals surface area (Å²) in [5.74, 6) is 0.738. The molecule has 1 amide bonds. The molecule has 1 saturated carbocycles. The molecular weight excluding hydrogens is 466 g/mol. The van der Waals surface area contributed by atoms with Gasteiger partial charge in [0.1, 0.15) is 5.69 Å². The summed E-state index contributed by atoms with van der Waals surface area (Å²) in [5.41, 5.74) is 5.39. The Morgan fingerprint density at radius 3 is 2.58 bits per heavy atom. The summed E-state index contributed by atoms with van der Waals surface area (Å²) in [5, 5.41) is 0. The molecule has 0 saturated heterocycles. The molecule has 0 radical (unpaired) electrons. The third-order valence-corrected chi connectivity index (χ3v) is 8.19. The molecule has 0 bridgehead atoms. The zero-order valence-corrected chi connectivity index (χ0v) is 20.8. The zero-order chi connectivity index (χ0) is 24.5. The lowest BCUT2D eigenvalue weighted by molar-refractivity contribution is 0.0972. The molecule has 1 aliphatic carbocycles. The zero-order valence-electron chi connectivity index (χ0n) is 20.0. The number of nitrogens with zero attached hydrogens (tertiary/aromatic N) is 3. The van der Waals surface area contributed by atoms with Crippen LogP contribution < -0.4 is 4.90 Å². The lowest BCUT2D eigenvalue weighted by atomic mass is 10.1. The molecule has 5 nitrogen and oxygen atoms in total. The van der Waals surface area contributed by atoms with E-state index in [-0.39, 0.29) is 11.7 Å². The predicted octanol–water partition coefficient (Wildman–Crippen LogP) is 6.18. The molecule has 1 aromatic carbocycles. The maximum Gasteiger partial charge on any atom is 0.276 e. The number of thiophene rings is 1. The minimum atomic E-state index is -0.0951. The van der Waals surface area contributed by atoms with Crippen LogP contribution in [0.4, 0.5) is 5.69 Å². The van der Waals surface area contributed by atoms with Crippen LogP contribution >= 0.6 is 11.3 Å². The number of benzene rings is 1. The minimum absolute atomic E-state index is 0.0951. The maximum absolute atomic E-state index is 13.7. The highest BCUT2D eigenvalue weighted by Gasteiger charge is 2.30. The molecule has 0 spiro atoms. The van der Waals surface area contributed by atoms with Crippen molar-refractivity contribution in [2.75, 3.05) is 11.4 Å². The topological polar surface area (TPSA) is 63.2 Å². The highest BCUT2D eigenvalue weighted by atomic mass is 32.1. The number of pyridine rings is 2. The van der Waals surface area contributed by atoms with Crippen LogP contribution in [0.3, 0.4) is 0 Å². The van der Waals surface area contributed by atoms with Crippen molar-refractivity contribution in [1.82, 2.24) is 9.97 Å². The summed E-state index contributed by atoms with van der Waals surface area (Å²) in [6.45, 7) is 0.551. The van der Waals surface area contributed by atoms with Crippen LogP contribution in [0.25, 0.3) is 10.4 Å². The number of carbonyl (C=O) groups is 2. The first-order valence-electron chi connectivity index (χ1n) is 12.6. The average molecular weight is 494 g/mol. The minimum Gasteiger partial charge on any atom is -0.306 e. The van der Waals surface area contributed by atoms with Gasteiger partial charge in [0.05, 0.1) is 10.6 Å². The van der Waals surface area contributed by atoms with Gasteiger partial charge in [0.15, 0.2) is 5.78 Å². The van der Waals surface area contributed by atoms with E-state index in [2.05, 4.69) is 17.1 Å². The normalized spacial score (nSPS) is 14.6. The molecule has 3 aromatic heterocycles. The summed E-state index contributed by atoms with van der Waals surface area (Å²) in [7, 11) is 0. The number of rotatable bonds is 7. The molecule has 6 rings (SSSR count). The third kappa shape index (κ3) is 4.73. The molecule has 180 valence electrons. The summed E-state index contributed by atoms with van der Waals surface area (Å²) in [4.78, 5) is 39.4. The van der Waals surface area contributed by atoms with Crippen LogP contribution in [0.15, 0.2) is 72.9 Å². The lowest BCUT2D eigenvalue weighted by Gasteiger charge is -2.23. The van der Waals surface area contributed by atoms with Gasteiger partial charge in [0.2, 0.25) is 0 Å². The fraction of sp³-hybridized carbons (Fsp3) is 0.267. The molecule has 1 fully saturated rings. The van der Waals surface area contributed by atoms with Crippen molar-refractivity contribution in [2.45, 2.75) is 38.5 Å². The molecule has 4 heterocycles. The van der Waals surface area contributed by atoms with E-state index in [0.717, 1.165) is 50.8 Å². The standard InChI is InChI=1S/C30H27N3O2S/c34-27(18-20-11-12-20)28-19-21-15-17-33(26-10-2-1-8-24(26)29(21)36-28)30(35)25-9-5-7-23(32-25)14-13-22-6-3-4-16-31-22/h1-10,16,19-20H,11-15,17-18H2. The first-order chi connectivity index (χ1) is 17.7. The third-order valence-electron chi connectivity index (χ3n) is 6.93. The molecule has 4 aromatic rings. The van der Waals surface area contributed by atoms with Gasteiger partial charge in [-0.15, -0.1) is 11.3 Å². The Balaban J connectivity index is 1.26. The largest absolute Gasteiger partial charge is 0.306 e. The number of anilines is 1. The Labute approximate surface area is 214 Å². The fourth-order valence-electron chi connectivity index (χ4n) is 4.81. The van der Waals surface area contributed by atoms with Crippen molar-refractivity contribution in [1.29, 1.82) is 0 Å². The van der Waals surface area contributed by atoms with E-state index in [4.69, 9.17) is 4.98 Å². The second kappa shape index (κ2) is 9.78. The fourth-order valence-corrected chi connectivity index (χ4v) is 6.00. The van der Waals surface area contributed by atoms with Gasteiger partial charge in [0.25, 0.3) is 5.91 Å². The van der Waals surface area contributed by atoms with Crippen LogP contribution in [0.2, 0.25) is 0 Å². The second-order valence-electron chi connectivity index (χ2n) is 9.59. The van der Waals surface area contributed by atoms with Gasteiger partial charge in [-0.3, -0.25) is 14.6 Å². The molecular formula is C30H27N3O2S. The summed E-state index contributed by atoms with van der Waals surface area (Å²) < 4.78 is 0. The van der Waals surface area contributed by atoms with Crippen molar-refractivity contribution in [3.05, 3.63) is 100 Å². The van der Waals surface area contributed by atoms with Gasteiger partial charge in [-0.2, -0.15) is 0 Å². The summed E-state index contributed by atoms with van der Waals surface area (Å²) in [6, 6.07) is 21.7. The van der Waals surface area contributed by atoms with Gasteiger partial charge >= 0.3 is 0 Å². The number of amides is 1. The van der Waals surface area contributed by atoms with Crippen molar-refractivity contribution >= 4 is 28.7 Å². The van der Waals surface area contributed by atoms with Crippen LogP contribution in [0.5, 0.6) is 0 Å². The quantitative estimate of drug-likeness (QED) is 0.289. The molecule has 6 heteroatoms. The van der Waals surface area contributed by atoms with E-state index in [0.29, 0.717) is 31.0 Å². The number of Topliss-reactive ketones (excluding diaryl/α,β-unsaturated/α-hetero) is 1. The highest BCUT2D eigenvalue weighted by molar-refractivity contribution is 7.17. The number of hydrogen-bond acceptors (Lipinski definition) is 5. The average Bonchev–Trinajstić information content (AvgIpc) is 3.66. The van der Waals surface area contributed by atoms with Crippen LogP contribution in [0.1, 0.15) is 56.4 Å². The SMILES string of the molecule is O=C(CC1CC1)c1cc2c(s1)-c1ccccc1N(C(=O)c1cccc(CCc3ccccn3)n1)CC2. The van der Waals surface area contributed by atoms with Crippen molar-refractivity contribution in [3.63, 3.8) is 0 Å². The summed E-state index contributed by atoms with van der Waals surface area (Å²) in [6.07, 6.45) is 7.02. The van der Waals surface area contributed by atoms with Gasteiger partial charge in [-0.1, -0.05) is 30.3 Å². The second-order valence-corrected chi connectivity index (χ2v) is 10.6. The lowest BCUT2D eigenvalue weighted by Crippen LogP contribution is -2.33. The van der Waals surface area contributed by atoms with Gasteiger partial charge in [-0.05, 0) is 80.0 Å². The first-order valence-corrected chi connectivity index (χ1v) is 13.4. The van der Waals surface area contributed by atoms with Crippen LogP contribution in [0, 0.1) is 5.92 Å². The van der Waals surface area contributed by atoms with Gasteiger partial charge < -0.3 is 4.90 Å². The van der Waals surface area contributed by atoms with Crippen molar-refractivity contribution in [3.8, 4) is 10.4 Å². The van der Waals surface area contributed by atoms with Gasteiger partial charge in [0, 0.05) is 41.0 Å². The van der Waals surface area contributed by atoms with E-state index >= 15 is 0 Å². The Morgan fingerprint density at radius 2 is 1.75 bits per heavy atom. The van der Waals surface area contributed by atoms with E-state index in [1.54, 1.807) is 23.6 Å². The molecule has 1 aliphatic heterocycles. The van der Waals surface area contributed by atoms with Crippen molar-refractivity contribution < 1.29 is 9.59 Å². The number of fused-ring (bicyclic) bond motifs is 3. The first kappa shape index (κ1) is 22.8. The molecule has 36 heavy (non-hydrogen) atoms. The Kier molecular flexibility index (Phi) is 6.20. The van der Waals surface area contributed by atoms with Gasteiger partial charge in [-0.25, -0.2) is 4.98 Å². The Morgan fingerprint density at radius 1 is 0.944 bits per heavy atom. The number of para-hydroxylation sites is 1. The van der Waals surface area contributed by atoms with Crippen LogP contribution in [-0.2, 0) is 19.3 Å². The summed E-state index contributed by atoms with van der Waals surface area (Å²) >= 11 is 1.58. The van der Waals surface area contributed by atoms with E-state index in [1.165, 1.54) is 12.8 Å². The number of hydrogen-bond donors (Lipinski definition) is 0. The molecule has 0 unspecified atom stereocenters. The van der Waals surface area contributed by atoms with E-state index in [1.807, 2.05) is 53.4 Å². The number of carbonyl (C=O) groups excluding carboxylic acids is 2. The molecule has 0 atom stereocenters. The maximum atomic E-state index is 13.7. The molecule has 2 aliphatic rings. The van der Waals surface area contributed by atoms with Crippen molar-refractivity contribution in [2.24, 2.45) is 5.92 Å². The number of aryl methyl sites for hydroxylation is 2. The smallest absolute Gasteiger partial charge is 0.276 e. The van der Waals surface area contributed by atoms with E-state index in [9.17, 15) is 9.59 Å². The van der Waals surface area contributed by atoms with E-state index < -0.39 is 0 Å². The number of ketones is 1. The Bertz CT molecular complexity index is 1430. The van der Waals surface area contributed by atoms with Crippen LogP contribution in [-0.4, -0.2) is 28.2 Å².